The van der Waals surface area contributed by atoms with Crippen molar-refractivity contribution in [3.8, 4) is 11.5 Å². The van der Waals surface area contributed by atoms with Gasteiger partial charge in [-0.15, -0.1) is 0 Å². The second-order valence-electron chi connectivity index (χ2n) is 3.21. The molecule has 0 spiro atoms. The highest BCUT2D eigenvalue weighted by Crippen LogP contribution is 2.34. The third-order valence-electron chi connectivity index (χ3n) is 2.46. The normalized spacial score (nSPS) is 9.87. The van der Waals surface area contributed by atoms with E-state index < -0.39 is 5.97 Å². The van der Waals surface area contributed by atoms with Gasteiger partial charge in [-0.05, 0) is 31.0 Å². The van der Waals surface area contributed by atoms with Crippen molar-refractivity contribution in [2.75, 3.05) is 14.2 Å². The molecule has 15 heavy (non-hydrogen) atoms. The summed E-state index contributed by atoms with van der Waals surface area (Å²) in [4.78, 5) is 10.9. The fourth-order valence-corrected chi connectivity index (χ4v) is 1.49. The van der Waals surface area contributed by atoms with E-state index in [0.29, 0.717) is 17.1 Å². The van der Waals surface area contributed by atoms with Gasteiger partial charge in [0.1, 0.15) is 0 Å². The molecule has 0 bridgehead atoms. The maximum atomic E-state index is 10.9. The predicted octanol–water partition coefficient (Wildman–Crippen LogP) is 2.02. The summed E-state index contributed by atoms with van der Waals surface area (Å²) in [6.07, 6.45) is 0. The molecule has 82 valence electrons. The number of ether oxygens (including phenoxy) is 2. The van der Waals surface area contributed by atoms with Crippen molar-refractivity contribution in [2.24, 2.45) is 0 Å². The molecule has 4 heteroatoms. The number of hydrogen-bond acceptors (Lipinski definition) is 3. The molecule has 0 heterocycles. The first-order valence-corrected chi connectivity index (χ1v) is 4.48. The summed E-state index contributed by atoms with van der Waals surface area (Å²) in [5.74, 6) is 0.0644. The summed E-state index contributed by atoms with van der Waals surface area (Å²) >= 11 is 0. The van der Waals surface area contributed by atoms with E-state index in [1.807, 2.05) is 6.92 Å². The smallest absolute Gasteiger partial charge is 0.336 e. The molecule has 0 unspecified atom stereocenters. The monoisotopic (exact) mass is 210 g/mol. The molecule has 0 aliphatic carbocycles. The molecule has 0 saturated heterocycles. The Bertz CT molecular complexity index is 396. The maximum Gasteiger partial charge on any atom is 0.336 e. The van der Waals surface area contributed by atoms with Crippen molar-refractivity contribution in [1.82, 2.24) is 0 Å². The zero-order valence-corrected chi connectivity index (χ0v) is 9.25. The van der Waals surface area contributed by atoms with Crippen LogP contribution in [0.3, 0.4) is 0 Å². The zero-order chi connectivity index (χ0) is 11.6. The van der Waals surface area contributed by atoms with Crippen LogP contribution in [0.2, 0.25) is 0 Å². The topological polar surface area (TPSA) is 55.8 Å². The van der Waals surface area contributed by atoms with Gasteiger partial charge in [0.25, 0.3) is 0 Å². The SMILES string of the molecule is COc1cc(C(=O)O)c(C)c(C)c1OC. The Hall–Kier alpha value is -1.71. The van der Waals surface area contributed by atoms with Gasteiger partial charge in [0.05, 0.1) is 19.8 Å². The molecule has 0 radical (unpaired) electrons. The highest BCUT2D eigenvalue weighted by molar-refractivity contribution is 5.91. The number of carbonyl (C=O) groups is 1. The molecule has 1 aromatic rings. The van der Waals surface area contributed by atoms with Gasteiger partial charge in [0, 0.05) is 0 Å². The average Bonchev–Trinajstić information content (AvgIpc) is 2.21. The highest BCUT2D eigenvalue weighted by Gasteiger charge is 2.17. The molecule has 0 aromatic heterocycles. The van der Waals surface area contributed by atoms with Crippen LogP contribution in [0.4, 0.5) is 0 Å². The van der Waals surface area contributed by atoms with Gasteiger partial charge in [-0.1, -0.05) is 0 Å². The predicted molar refractivity (Wildman–Crippen MR) is 56.0 cm³/mol. The molecular weight excluding hydrogens is 196 g/mol. The van der Waals surface area contributed by atoms with E-state index in [2.05, 4.69) is 0 Å². The second-order valence-corrected chi connectivity index (χ2v) is 3.21. The summed E-state index contributed by atoms with van der Waals surface area (Å²) in [5, 5.41) is 8.98. The third kappa shape index (κ3) is 1.88. The van der Waals surface area contributed by atoms with Gasteiger partial charge < -0.3 is 14.6 Å². The lowest BCUT2D eigenvalue weighted by Crippen LogP contribution is -2.04. The van der Waals surface area contributed by atoms with E-state index in [0.717, 1.165) is 5.56 Å². The number of carboxylic acid groups (broad SMARTS) is 1. The standard InChI is InChI=1S/C11H14O4/c1-6-7(2)10(15-4)9(14-3)5-8(6)11(12)13/h5H,1-4H3,(H,12,13). The molecule has 0 aliphatic rings. The van der Waals surface area contributed by atoms with Crippen molar-refractivity contribution in [2.45, 2.75) is 13.8 Å². The minimum Gasteiger partial charge on any atom is -0.493 e. The lowest BCUT2D eigenvalue weighted by Gasteiger charge is -2.14. The minimum atomic E-state index is -0.962. The van der Waals surface area contributed by atoms with Crippen LogP contribution in [0.25, 0.3) is 0 Å². The van der Waals surface area contributed by atoms with Gasteiger partial charge in [0.2, 0.25) is 0 Å². The zero-order valence-electron chi connectivity index (χ0n) is 9.25. The first kappa shape index (κ1) is 11.4. The van der Waals surface area contributed by atoms with Crippen LogP contribution in [0, 0.1) is 13.8 Å². The molecule has 1 rings (SSSR count). The number of benzene rings is 1. The van der Waals surface area contributed by atoms with Gasteiger partial charge in [-0.25, -0.2) is 4.79 Å². The van der Waals surface area contributed by atoms with E-state index in [-0.39, 0.29) is 5.56 Å². The van der Waals surface area contributed by atoms with Crippen molar-refractivity contribution in [1.29, 1.82) is 0 Å². The summed E-state index contributed by atoms with van der Waals surface area (Å²) < 4.78 is 10.2. The van der Waals surface area contributed by atoms with Crippen LogP contribution in [-0.2, 0) is 0 Å². The number of hydrogen-bond donors (Lipinski definition) is 1. The van der Waals surface area contributed by atoms with E-state index in [9.17, 15) is 4.79 Å². The van der Waals surface area contributed by atoms with Crippen molar-refractivity contribution in [3.63, 3.8) is 0 Å². The van der Waals surface area contributed by atoms with Crippen molar-refractivity contribution in [3.05, 3.63) is 22.8 Å². The quantitative estimate of drug-likeness (QED) is 0.829. The van der Waals surface area contributed by atoms with E-state index in [1.54, 1.807) is 6.92 Å². The summed E-state index contributed by atoms with van der Waals surface area (Å²) in [7, 11) is 3.02. The van der Waals surface area contributed by atoms with Gasteiger partial charge in [-0.2, -0.15) is 0 Å². The maximum absolute atomic E-state index is 10.9. The molecule has 0 amide bonds. The van der Waals surface area contributed by atoms with Gasteiger partial charge >= 0.3 is 5.97 Å². The van der Waals surface area contributed by atoms with Crippen molar-refractivity contribution < 1.29 is 19.4 Å². The van der Waals surface area contributed by atoms with E-state index in [1.165, 1.54) is 20.3 Å². The molecule has 1 N–H and O–H groups in total. The van der Waals surface area contributed by atoms with E-state index in [4.69, 9.17) is 14.6 Å². The van der Waals surface area contributed by atoms with Crippen LogP contribution in [-0.4, -0.2) is 25.3 Å². The molecule has 1 aromatic carbocycles. The Morgan fingerprint density at radius 1 is 1.20 bits per heavy atom. The third-order valence-corrected chi connectivity index (χ3v) is 2.46. The Labute approximate surface area is 88.4 Å². The van der Waals surface area contributed by atoms with Crippen LogP contribution < -0.4 is 9.47 Å². The van der Waals surface area contributed by atoms with Gasteiger partial charge in [-0.3, -0.25) is 0 Å². The van der Waals surface area contributed by atoms with Crippen LogP contribution in [0.1, 0.15) is 21.5 Å². The second kappa shape index (κ2) is 4.21. The number of carboxylic acids is 1. The minimum absolute atomic E-state index is 0.241. The molecule has 4 nitrogen and oxygen atoms in total. The fourth-order valence-electron chi connectivity index (χ4n) is 1.49. The van der Waals surface area contributed by atoms with E-state index >= 15 is 0 Å². The number of methoxy groups -OCH3 is 2. The lowest BCUT2D eigenvalue weighted by molar-refractivity contribution is 0.0695. The van der Waals surface area contributed by atoms with Crippen LogP contribution in [0.5, 0.6) is 11.5 Å². The first-order chi connectivity index (χ1) is 7.02. The Morgan fingerprint density at radius 2 is 1.80 bits per heavy atom. The van der Waals surface area contributed by atoms with Crippen LogP contribution in [0.15, 0.2) is 6.07 Å². The largest absolute Gasteiger partial charge is 0.493 e. The highest BCUT2D eigenvalue weighted by atomic mass is 16.5. The lowest BCUT2D eigenvalue weighted by atomic mass is 10.0. The average molecular weight is 210 g/mol. The Morgan fingerprint density at radius 3 is 2.20 bits per heavy atom. The van der Waals surface area contributed by atoms with Crippen LogP contribution >= 0.6 is 0 Å². The Balaban J connectivity index is 3.49. The molecule has 0 aliphatic heterocycles. The number of aromatic carboxylic acids is 1. The summed E-state index contributed by atoms with van der Waals surface area (Å²) in [6.45, 7) is 3.56. The molecule has 0 atom stereocenters. The molecule has 0 saturated carbocycles. The van der Waals surface area contributed by atoms with Crippen molar-refractivity contribution >= 4 is 5.97 Å². The molecule has 0 fully saturated rings. The fraction of sp³-hybridized carbons (Fsp3) is 0.364. The number of rotatable bonds is 3. The summed E-state index contributed by atoms with van der Waals surface area (Å²) in [5.41, 5.74) is 1.72. The first-order valence-electron chi connectivity index (χ1n) is 4.48. The Kier molecular flexibility index (Phi) is 3.19. The summed E-state index contributed by atoms with van der Waals surface area (Å²) in [6, 6.07) is 1.48. The molecular formula is C11H14O4. The van der Waals surface area contributed by atoms with Gasteiger partial charge in [0.15, 0.2) is 11.5 Å².